The Balaban J connectivity index is 3.06. The average Bonchev–Trinajstić information content (AvgIpc) is 2.21. The summed E-state index contributed by atoms with van der Waals surface area (Å²) in [5.41, 5.74) is 6.45. The minimum absolute atomic E-state index is 0.610. The second kappa shape index (κ2) is 5.00. The van der Waals surface area contributed by atoms with Crippen molar-refractivity contribution in [2.45, 2.75) is 13.3 Å². The molecule has 0 unspecified atom stereocenters. The van der Waals surface area contributed by atoms with Gasteiger partial charge in [0.05, 0.1) is 18.6 Å². The summed E-state index contributed by atoms with van der Waals surface area (Å²) in [5.74, 6) is 1.38. The van der Waals surface area contributed by atoms with Crippen LogP contribution in [-0.4, -0.2) is 12.9 Å². The Hall–Kier alpha value is -1.03. The summed E-state index contributed by atoms with van der Waals surface area (Å²) in [6.45, 7) is 1.97. The molecule has 1 aromatic carbocycles. The van der Waals surface area contributed by atoms with E-state index in [-0.39, 0.29) is 0 Å². The number of rotatable bonds is 3. The molecular formula is C10H13BrN2O. The standard InChI is InChI=1S/C10H13BrN2O/c1-3-10(12)13-9-6-7(14-2)4-5-8(9)11/h4-6H,3H2,1-2H3,(H2,12,13). The molecule has 0 saturated heterocycles. The average molecular weight is 257 g/mol. The van der Waals surface area contributed by atoms with Crippen LogP contribution in [0.4, 0.5) is 5.69 Å². The van der Waals surface area contributed by atoms with Gasteiger partial charge in [-0.3, -0.25) is 0 Å². The van der Waals surface area contributed by atoms with Gasteiger partial charge in [-0.05, 0) is 28.1 Å². The van der Waals surface area contributed by atoms with Gasteiger partial charge in [-0.25, -0.2) is 4.99 Å². The highest BCUT2D eigenvalue weighted by Crippen LogP contribution is 2.29. The Bertz CT molecular complexity index is 350. The van der Waals surface area contributed by atoms with E-state index in [9.17, 15) is 0 Å². The molecule has 4 heteroatoms. The van der Waals surface area contributed by atoms with Crippen LogP contribution in [0.2, 0.25) is 0 Å². The molecule has 0 spiro atoms. The van der Waals surface area contributed by atoms with E-state index in [1.807, 2.05) is 25.1 Å². The predicted octanol–water partition coefficient (Wildman–Crippen LogP) is 2.86. The number of methoxy groups -OCH3 is 1. The van der Waals surface area contributed by atoms with Crippen LogP contribution in [0.15, 0.2) is 27.7 Å². The number of hydrogen-bond donors (Lipinski definition) is 1. The summed E-state index contributed by atoms with van der Waals surface area (Å²) in [6.07, 6.45) is 0.740. The SMILES string of the molecule is CCC(N)=Nc1cc(OC)ccc1Br. The van der Waals surface area contributed by atoms with E-state index in [1.165, 1.54) is 0 Å². The van der Waals surface area contributed by atoms with E-state index in [4.69, 9.17) is 10.5 Å². The van der Waals surface area contributed by atoms with Gasteiger partial charge in [0, 0.05) is 17.0 Å². The highest BCUT2D eigenvalue weighted by atomic mass is 79.9. The van der Waals surface area contributed by atoms with Gasteiger partial charge < -0.3 is 10.5 Å². The van der Waals surface area contributed by atoms with Crippen molar-refractivity contribution < 1.29 is 4.74 Å². The normalized spacial score (nSPS) is 11.5. The molecular weight excluding hydrogens is 244 g/mol. The van der Waals surface area contributed by atoms with Crippen molar-refractivity contribution in [3.05, 3.63) is 22.7 Å². The van der Waals surface area contributed by atoms with E-state index >= 15 is 0 Å². The summed E-state index contributed by atoms with van der Waals surface area (Å²) in [5, 5.41) is 0. The summed E-state index contributed by atoms with van der Waals surface area (Å²) in [4.78, 5) is 4.25. The molecule has 0 bridgehead atoms. The maximum absolute atomic E-state index is 5.65. The fourth-order valence-corrected chi connectivity index (χ4v) is 1.27. The zero-order valence-corrected chi connectivity index (χ0v) is 9.84. The van der Waals surface area contributed by atoms with E-state index in [1.54, 1.807) is 7.11 Å². The second-order valence-electron chi connectivity index (χ2n) is 2.77. The number of nitrogens with two attached hydrogens (primary N) is 1. The first-order valence-corrected chi connectivity index (χ1v) is 5.13. The molecule has 0 fully saturated rings. The lowest BCUT2D eigenvalue weighted by molar-refractivity contribution is 0.415. The number of amidine groups is 1. The highest BCUT2D eigenvalue weighted by molar-refractivity contribution is 9.10. The first kappa shape index (κ1) is 11.0. The molecule has 0 saturated carbocycles. The van der Waals surface area contributed by atoms with E-state index in [0.29, 0.717) is 5.84 Å². The van der Waals surface area contributed by atoms with Gasteiger partial charge in [0.25, 0.3) is 0 Å². The Labute approximate surface area is 92.1 Å². The van der Waals surface area contributed by atoms with Crippen LogP contribution in [0.25, 0.3) is 0 Å². The summed E-state index contributed by atoms with van der Waals surface area (Å²) >= 11 is 3.40. The smallest absolute Gasteiger partial charge is 0.121 e. The molecule has 0 aliphatic rings. The molecule has 0 aliphatic heterocycles. The number of nitrogens with zero attached hydrogens (tertiary/aromatic N) is 1. The van der Waals surface area contributed by atoms with Gasteiger partial charge in [-0.2, -0.15) is 0 Å². The first-order valence-electron chi connectivity index (χ1n) is 4.34. The van der Waals surface area contributed by atoms with Gasteiger partial charge in [-0.1, -0.05) is 6.92 Å². The fourth-order valence-electron chi connectivity index (χ4n) is 0.939. The second-order valence-corrected chi connectivity index (χ2v) is 3.63. The molecule has 0 atom stereocenters. The van der Waals surface area contributed by atoms with Crippen molar-refractivity contribution in [2.24, 2.45) is 10.7 Å². The van der Waals surface area contributed by atoms with E-state index in [2.05, 4.69) is 20.9 Å². The van der Waals surface area contributed by atoms with Gasteiger partial charge in [-0.15, -0.1) is 0 Å². The fraction of sp³-hybridized carbons (Fsp3) is 0.300. The Kier molecular flexibility index (Phi) is 3.95. The Morgan fingerprint density at radius 2 is 2.29 bits per heavy atom. The van der Waals surface area contributed by atoms with Crippen LogP contribution in [0.5, 0.6) is 5.75 Å². The van der Waals surface area contributed by atoms with Crippen molar-refractivity contribution in [1.29, 1.82) is 0 Å². The molecule has 1 rings (SSSR count). The quantitative estimate of drug-likeness (QED) is 0.668. The van der Waals surface area contributed by atoms with Crippen molar-refractivity contribution in [3.8, 4) is 5.75 Å². The van der Waals surface area contributed by atoms with Crippen LogP contribution in [-0.2, 0) is 0 Å². The monoisotopic (exact) mass is 256 g/mol. The molecule has 3 nitrogen and oxygen atoms in total. The molecule has 0 aromatic heterocycles. The number of ether oxygens (including phenoxy) is 1. The summed E-state index contributed by atoms with van der Waals surface area (Å²) in [6, 6.07) is 5.60. The lowest BCUT2D eigenvalue weighted by Crippen LogP contribution is -2.08. The van der Waals surface area contributed by atoms with Gasteiger partial charge in [0.2, 0.25) is 0 Å². The topological polar surface area (TPSA) is 47.6 Å². The lowest BCUT2D eigenvalue weighted by Gasteiger charge is -2.03. The minimum atomic E-state index is 0.610. The Morgan fingerprint density at radius 1 is 1.57 bits per heavy atom. The zero-order chi connectivity index (χ0) is 10.6. The third-order valence-electron chi connectivity index (χ3n) is 1.78. The minimum Gasteiger partial charge on any atom is -0.497 e. The number of benzene rings is 1. The third-order valence-corrected chi connectivity index (χ3v) is 2.45. The van der Waals surface area contributed by atoms with Crippen molar-refractivity contribution in [3.63, 3.8) is 0 Å². The molecule has 0 amide bonds. The van der Waals surface area contributed by atoms with Gasteiger partial charge in [0.1, 0.15) is 5.75 Å². The zero-order valence-electron chi connectivity index (χ0n) is 8.25. The first-order chi connectivity index (χ1) is 6.67. The molecule has 2 N–H and O–H groups in total. The maximum atomic E-state index is 5.65. The molecule has 0 aliphatic carbocycles. The lowest BCUT2D eigenvalue weighted by atomic mass is 10.3. The van der Waals surface area contributed by atoms with Crippen molar-refractivity contribution >= 4 is 27.5 Å². The molecule has 0 heterocycles. The maximum Gasteiger partial charge on any atom is 0.121 e. The van der Waals surface area contributed by atoms with E-state index in [0.717, 1.165) is 22.3 Å². The van der Waals surface area contributed by atoms with Crippen LogP contribution >= 0.6 is 15.9 Å². The number of hydrogen-bond acceptors (Lipinski definition) is 2. The summed E-state index contributed by atoms with van der Waals surface area (Å²) in [7, 11) is 1.62. The van der Waals surface area contributed by atoms with Crippen LogP contribution < -0.4 is 10.5 Å². The van der Waals surface area contributed by atoms with Crippen LogP contribution in [0.1, 0.15) is 13.3 Å². The van der Waals surface area contributed by atoms with Crippen LogP contribution in [0.3, 0.4) is 0 Å². The predicted molar refractivity (Wildman–Crippen MR) is 62.3 cm³/mol. The van der Waals surface area contributed by atoms with Crippen molar-refractivity contribution in [2.75, 3.05) is 7.11 Å². The highest BCUT2D eigenvalue weighted by Gasteiger charge is 2.00. The number of aliphatic imine (C=N–C) groups is 1. The van der Waals surface area contributed by atoms with Gasteiger partial charge in [0.15, 0.2) is 0 Å². The molecule has 1 aromatic rings. The number of halogens is 1. The molecule has 14 heavy (non-hydrogen) atoms. The third kappa shape index (κ3) is 2.73. The molecule has 76 valence electrons. The van der Waals surface area contributed by atoms with E-state index < -0.39 is 0 Å². The Morgan fingerprint density at radius 3 is 2.86 bits per heavy atom. The van der Waals surface area contributed by atoms with Crippen molar-refractivity contribution in [1.82, 2.24) is 0 Å². The summed E-state index contributed by atoms with van der Waals surface area (Å²) < 4.78 is 6.01. The largest absolute Gasteiger partial charge is 0.497 e. The van der Waals surface area contributed by atoms with Gasteiger partial charge >= 0.3 is 0 Å². The van der Waals surface area contributed by atoms with Crippen LogP contribution in [0, 0.1) is 0 Å². The molecule has 0 radical (unpaired) electrons.